The van der Waals surface area contributed by atoms with Crippen LogP contribution in [0.5, 0.6) is 0 Å². The maximum Gasteiger partial charge on any atom is 0.301 e. The van der Waals surface area contributed by atoms with Crippen LogP contribution in [0.1, 0.15) is 32.1 Å². The summed E-state index contributed by atoms with van der Waals surface area (Å²) >= 11 is 0. The maximum absolute atomic E-state index is 12.1. The Balaban J connectivity index is 1.53. The van der Waals surface area contributed by atoms with Crippen molar-refractivity contribution in [2.24, 2.45) is 10.2 Å². The summed E-state index contributed by atoms with van der Waals surface area (Å²) in [5, 5.41) is 10.8. The summed E-state index contributed by atoms with van der Waals surface area (Å²) in [4.78, 5) is 12.1. The van der Waals surface area contributed by atoms with Crippen molar-refractivity contribution in [1.29, 1.82) is 0 Å². The van der Waals surface area contributed by atoms with Crippen molar-refractivity contribution in [2.75, 3.05) is 22.7 Å². The summed E-state index contributed by atoms with van der Waals surface area (Å²) < 4.78 is 27.9. The molecule has 0 spiro atoms. The minimum absolute atomic E-state index is 0.137. The van der Waals surface area contributed by atoms with Gasteiger partial charge in [0, 0.05) is 44.5 Å². The molecule has 0 saturated carbocycles. The van der Waals surface area contributed by atoms with Crippen LogP contribution in [0.2, 0.25) is 0 Å². The Kier molecular flexibility index (Phi) is 5.25. The molecule has 8 nitrogen and oxygen atoms in total. The quantitative estimate of drug-likeness (QED) is 0.713. The number of hydrogen-bond donors (Lipinski definition) is 2. The molecule has 0 unspecified atom stereocenters. The van der Waals surface area contributed by atoms with Crippen molar-refractivity contribution in [1.82, 2.24) is 4.72 Å². The highest BCUT2D eigenvalue weighted by Gasteiger charge is 2.39. The van der Waals surface area contributed by atoms with E-state index in [1.54, 1.807) is 24.3 Å². The lowest BCUT2D eigenvalue weighted by molar-refractivity contribution is -0.116. The molecule has 2 aliphatic rings. The van der Waals surface area contributed by atoms with E-state index in [0.717, 1.165) is 6.42 Å². The van der Waals surface area contributed by atoms with Crippen LogP contribution in [0.25, 0.3) is 0 Å². The van der Waals surface area contributed by atoms with Gasteiger partial charge in [0.05, 0.1) is 5.69 Å². The Morgan fingerprint density at radius 2 is 2.04 bits per heavy atom. The molecule has 1 amide bonds. The van der Waals surface area contributed by atoms with Crippen LogP contribution >= 0.6 is 0 Å². The van der Waals surface area contributed by atoms with Crippen LogP contribution in [-0.2, 0) is 15.0 Å². The fourth-order valence-corrected chi connectivity index (χ4v) is 4.13. The third-order valence-corrected chi connectivity index (χ3v) is 5.90. The molecule has 138 valence electrons. The predicted molar refractivity (Wildman–Crippen MR) is 98.8 cm³/mol. The second-order valence-corrected chi connectivity index (χ2v) is 7.99. The van der Waals surface area contributed by atoms with Crippen molar-refractivity contribution >= 4 is 27.5 Å². The summed E-state index contributed by atoms with van der Waals surface area (Å²) in [6, 6.07) is 6.74. The maximum atomic E-state index is 12.1. The van der Waals surface area contributed by atoms with Crippen molar-refractivity contribution < 1.29 is 13.2 Å². The second kappa shape index (κ2) is 7.43. The van der Waals surface area contributed by atoms with Crippen molar-refractivity contribution in [2.45, 2.75) is 37.8 Å². The molecule has 2 aliphatic heterocycles. The lowest BCUT2D eigenvalue weighted by atomic mass is 10.0. The summed E-state index contributed by atoms with van der Waals surface area (Å²) in [5.74, 6) is 2.42. The summed E-state index contributed by atoms with van der Waals surface area (Å²) in [5.41, 5.74) is 0.714. The van der Waals surface area contributed by atoms with Gasteiger partial charge < -0.3 is 5.32 Å². The first-order valence-electron chi connectivity index (χ1n) is 8.49. The molecule has 0 atom stereocenters. The van der Waals surface area contributed by atoms with E-state index in [0.29, 0.717) is 50.1 Å². The Hall–Kier alpha value is -2.44. The van der Waals surface area contributed by atoms with Gasteiger partial charge in [-0.15, -0.1) is 12.3 Å². The van der Waals surface area contributed by atoms with Gasteiger partial charge in [-0.25, -0.2) is 0 Å². The van der Waals surface area contributed by atoms with Gasteiger partial charge in [-0.1, -0.05) is 0 Å². The fourth-order valence-electron chi connectivity index (χ4n) is 2.81. The van der Waals surface area contributed by atoms with E-state index < -0.39 is 15.9 Å². The van der Waals surface area contributed by atoms with Gasteiger partial charge in [-0.2, -0.15) is 23.4 Å². The van der Waals surface area contributed by atoms with E-state index in [4.69, 9.17) is 6.42 Å². The normalized spacial score (nSPS) is 19.6. The van der Waals surface area contributed by atoms with Crippen LogP contribution < -0.4 is 14.3 Å². The van der Waals surface area contributed by atoms with Crippen molar-refractivity contribution in [3.8, 4) is 12.3 Å². The number of terminal acetylenes is 1. The highest BCUT2D eigenvalue weighted by atomic mass is 32.2. The first kappa shape index (κ1) is 18.4. The fraction of sp³-hybridized carbons (Fsp3) is 0.471. The molecule has 0 radical (unpaired) electrons. The molecule has 2 N–H and O–H groups in total. The Labute approximate surface area is 153 Å². The largest absolute Gasteiger partial charge is 0.326 e. The van der Waals surface area contributed by atoms with Gasteiger partial charge in [0.1, 0.15) is 0 Å². The smallest absolute Gasteiger partial charge is 0.301 e. The number of amides is 1. The average Bonchev–Trinajstić information content (AvgIpc) is 3.39. The van der Waals surface area contributed by atoms with Crippen LogP contribution in [0.4, 0.5) is 11.4 Å². The van der Waals surface area contributed by atoms with Crippen molar-refractivity contribution in [3.05, 3.63) is 24.3 Å². The van der Waals surface area contributed by atoms with Crippen LogP contribution in [0.3, 0.4) is 0 Å². The molecule has 2 heterocycles. The van der Waals surface area contributed by atoms with E-state index in [2.05, 4.69) is 26.2 Å². The predicted octanol–water partition coefficient (Wildman–Crippen LogP) is 2.03. The van der Waals surface area contributed by atoms with E-state index in [-0.39, 0.29) is 5.91 Å². The number of carbonyl (C=O) groups is 1. The van der Waals surface area contributed by atoms with Gasteiger partial charge in [-0.3, -0.25) is 9.10 Å². The zero-order chi connectivity index (χ0) is 18.6. The number of anilines is 2. The summed E-state index contributed by atoms with van der Waals surface area (Å²) in [6.07, 6.45) is 8.08. The number of rotatable bonds is 7. The molecule has 0 aromatic heterocycles. The molecule has 26 heavy (non-hydrogen) atoms. The highest BCUT2D eigenvalue weighted by Crippen LogP contribution is 2.37. The van der Waals surface area contributed by atoms with Crippen LogP contribution in [0, 0.1) is 12.3 Å². The molecule has 9 heteroatoms. The minimum Gasteiger partial charge on any atom is -0.326 e. The number of carbonyl (C=O) groups excluding carboxylic acids is 1. The van der Waals surface area contributed by atoms with E-state index in [1.165, 1.54) is 4.31 Å². The van der Waals surface area contributed by atoms with Gasteiger partial charge >= 0.3 is 10.2 Å². The molecule has 1 aromatic carbocycles. The topological polar surface area (TPSA) is 103 Å². The van der Waals surface area contributed by atoms with E-state index >= 15 is 0 Å². The molecule has 1 aromatic rings. The highest BCUT2D eigenvalue weighted by molar-refractivity contribution is 7.90. The molecule has 0 bridgehead atoms. The first-order valence-corrected chi connectivity index (χ1v) is 9.93. The molecule has 1 saturated heterocycles. The van der Waals surface area contributed by atoms with Gasteiger partial charge in [0.15, 0.2) is 5.66 Å². The zero-order valence-electron chi connectivity index (χ0n) is 14.3. The monoisotopic (exact) mass is 375 g/mol. The van der Waals surface area contributed by atoms with E-state index in [9.17, 15) is 13.2 Å². The lowest BCUT2D eigenvalue weighted by Gasteiger charge is -2.28. The van der Waals surface area contributed by atoms with Crippen LogP contribution in [-0.4, -0.2) is 33.1 Å². The van der Waals surface area contributed by atoms with Crippen molar-refractivity contribution in [3.63, 3.8) is 0 Å². The molecule has 1 fully saturated rings. The third kappa shape index (κ3) is 4.39. The summed E-state index contributed by atoms with van der Waals surface area (Å²) in [6.45, 7) is 0.891. The second-order valence-electron chi connectivity index (χ2n) is 6.31. The Bertz CT molecular complexity index is 836. The molecule has 0 aliphatic carbocycles. The number of benzene rings is 1. The molecular weight excluding hydrogens is 354 g/mol. The number of nitrogens with one attached hydrogen (secondary N) is 2. The van der Waals surface area contributed by atoms with Crippen LogP contribution in [0.15, 0.2) is 34.5 Å². The lowest BCUT2D eigenvalue weighted by Crippen LogP contribution is -2.47. The Morgan fingerprint density at radius 1 is 1.31 bits per heavy atom. The van der Waals surface area contributed by atoms with Gasteiger partial charge in [0.2, 0.25) is 5.91 Å². The first-order chi connectivity index (χ1) is 12.4. The van der Waals surface area contributed by atoms with E-state index in [1.807, 2.05) is 0 Å². The zero-order valence-corrected chi connectivity index (χ0v) is 15.1. The number of nitrogens with zero attached hydrogens (tertiary/aromatic N) is 3. The molecule has 3 rings (SSSR count). The third-order valence-electron chi connectivity index (χ3n) is 4.36. The molecular formula is C17H21N5O3S. The summed E-state index contributed by atoms with van der Waals surface area (Å²) in [7, 11) is -3.48. The number of hydrogen-bond acceptors (Lipinski definition) is 5. The van der Waals surface area contributed by atoms with Gasteiger partial charge in [0.25, 0.3) is 0 Å². The average molecular weight is 375 g/mol. The minimum atomic E-state index is -3.48. The van der Waals surface area contributed by atoms with Gasteiger partial charge in [-0.05, 0) is 30.7 Å². The Morgan fingerprint density at radius 3 is 2.65 bits per heavy atom. The SMILES string of the molecule is C#CCCC1(CCC(=O)Nc2ccc(N3CCCNS3(=O)=O)cc2)N=N1. The standard InChI is InChI=1S/C17H21N5O3S/c1-2-3-10-17(20-21-17)11-9-16(23)19-14-5-7-15(8-6-14)22-13-4-12-18-26(22,24)25/h1,5-8,18H,3-4,9-13H2,(H,19,23).